The van der Waals surface area contributed by atoms with Gasteiger partial charge in [-0.2, -0.15) is 0 Å². The van der Waals surface area contributed by atoms with Crippen molar-refractivity contribution in [1.82, 2.24) is 14.9 Å². The second kappa shape index (κ2) is 7.81. The van der Waals surface area contributed by atoms with Crippen LogP contribution < -0.4 is 9.64 Å². The Bertz CT molecular complexity index is 959. The molecule has 2 aromatic rings. The molecular weight excluding hydrogens is 368 g/mol. The Hall–Kier alpha value is -2.96. The van der Waals surface area contributed by atoms with E-state index in [1.807, 2.05) is 43.0 Å². The normalized spacial score (nSPS) is 18.3. The zero-order valence-electron chi connectivity index (χ0n) is 17.1. The maximum absolute atomic E-state index is 12.8. The van der Waals surface area contributed by atoms with Gasteiger partial charge in [-0.05, 0) is 37.5 Å². The van der Waals surface area contributed by atoms with Crippen LogP contribution in [0.15, 0.2) is 24.3 Å². The SMILES string of the molecule is CCC(=O)N1CCC[C@@H]1c1nc(C)c2c(n1)N(Cc1cccc(OC)c1)C(=O)C2. The summed E-state index contributed by atoms with van der Waals surface area (Å²) in [6, 6.07) is 7.59. The van der Waals surface area contributed by atoms with Gasteiger partial charge in [-0.25, -0.2) is 9.97 Å². The zero-order valence-corrected chi connectivity index (χ0v) is 17.1. The first-order valence-electron chi connectivity index (χ1n) is 10.1. The van der Waals surface area contributed by atoms with E-state index in [1.54, 1.807) is 12.0 Å². The van der Waals surface area contributed by atoms with Gasteiger partial charge in [0.15, 0.2) is 5.82 Å². The van der Waals surface area contributed by atoms with Crippen LogP contribution in [-0.2, 0) is 22.6 Å². The summed E-state index contributed by atoms with van der Waals surface area (Å²) in [6.07, 6.45) is 2.59. The van der Waals surface area contributed by atoms with Gasteiger partial charge in [0.05, 0.1) is 26.1 Å². The number of ether oxygens (including phenoxy) is 1. The number of benzene rings is 1. The van der Waals surface area contributed by atoms with Gasteiger partial charge in [0.2, 0.25) is 11.8 Å². The van der Waals surface area contributed by atoms with Gasteiger partial charge < -0.3 is 9.64 Å². The van der Waals surface area contributed by atoms with Crippen LogP contribution in [0.1, 0.15) is 54.9 Å². The van der Waals surface area contributed by atoms with Gasteiger partial charge in [-0.3, -0.25) is 14.5 Å². The van der Waals surface area contributed by atoms with Crippen LogP contribution in [0.4, 0.5) is 5.82 Å². The number of fused-ring (bicyclic) bond motifs is 1. The van der Waals surface area contributed by atoms with E-state index < -0.39 is 0 Å². The Morgan fingerprint density at radius 3 is 2.90 bits per heavy atom. The first-order valence-corrected chi connectivity index (χ1v) is 10.1. The van der Waals surface area contributed by atoms with E-state index in [0.717, 1.165) is 42.0 Å². The molecule has 0 N–H and O–H groups in total. The van der Waals surface area contributed by atoms with Crippen LogP contribution in [0.3, 0.4) is 0 Å². The quantitative estimate of drug-likeness (QED) is 0.779. The van der Waals surface area contributed by atoms with Gasteiger partial charge in [0, 0.05) is 24.2 Å². The molecule has 2 amide bonds. The number of methoxy groups -OCH3 is 1. The summed E-state index contributed by atoms with van der Waals surface area (Å²) >= 11 is 0. The molecule has 0 aliphatic carbocycles. The van der Waals surface area contributed by atoms with E-state index in [4.69, 9.17) is 14.7 Å². The highest BCUT2D eigenvalue weighted by Gasteiger charge is 2.36. The second-order valence-corrected chi connectivity index (χ2v) is 7.58. The number of aryl methyl sites for hydroxylation is 1. The molecule has 152 valence electrons. The highest BCUT2D eigenvalue weighted by molar-refractivity contribution is 6.00. The van der Waals surface area contributed by atoms with Crippen molar-refractivity contribution in [2.24, 2.45) is 0 Å². The Balaban J connectivity index is 1.68. The van der Waals surface area contributed by atoms with Crippen LogP contribution in [-0.4, -0.2) is 40.3 Å². The van der Waals surface area contributed by atoms with E-state index in [-0.39, 0.29) is 17.9 Å². The number of carbonyl (C=O) groups excluding carboxylic acids is 2. The minimum Gasteiger partial charge on any atom is -0.497 e. The third kappa shape index (κ3) is 3.57. The van der Waals surface area contributed by atoms with Crippen LogP contribution in [0.5, 0.6) is 5.75 Å². The first-order chi connectivity index (χ1) is 14.0. The molecule has 1 aromatic carbocycles. The molecule has 1 aromatic heterocycles. The molecule has 4 rings (SSSR count). The predicted molar refractivity (Wildman–Crippen MR) is 109 cm³/mol. The predicted octanol–water partition coefficient (Wildman–Crippen LogP) is 2.96. The van der Waals surface area contributed by atoms with Crippen LogP contribution in [0.2, 0.25) is 0 Å². The van der Waals surface area contributed by atoms with Gasteiger partial charge >= 0.3 is 0 Å². The smallest absolute Gasteiger partial charge is 0.233 e. The van der Waals surface area contributed by atoms with E-state index in [2.05, 4.69) is 0 Å². The summed E-state index contributed by atoms with van der Waals surface area (Å²) in [6.45, 7) is 4.97. The van der Waals surface area contributed by atoms with Crippen LogP contribution >= 0.6 is 0 Å². The van der Waals surface area contributed by atoms with E-state index >= 15 is 0 Å². The van der Waals surface area contributed by atoms with E-state index in [0.29, 0.717) is 31.0 Å². The van der Waals surface area contributed by atoms with E-state index in [1.165, 1.54) is 0 Å². The maximum atomic E-state index is 12.8. The molecule has 0 unspecified atom stereocenters. The average molecular weight is 394 g/mol. The van der Waals surface area contributed by atoms with Crippen molar-refractivity contribution in [3.63, 3.8) is 0 Å². The van der Waals surface area contributed by atoms with Crippen LogP contribution in [0.25, 0.3) is 0 Å². The molecule has 7 nitrogen and oxygen atoms in total. The van der Waals surface area contributed by atoms with Gasteiger partial charge in [0.25, 0.3) is 0 Å². The molecule has 2 aliphatic rings. The number of amides is 2. The van der Waals surface area contributed by atoms with E-state index in [9.17, 15) is 9.59 Å². The minimum atomic E-state index is -0.110. The fourth-order valence-electron chi connectivity index (χ4n) is 4.20. The highest BCUT2D eigenvalue weighted by Crippen LogP contribution is 2.36. The largest absolute Gasteiger partial charge is 0.497 e. The molecule has 0 radical (unpaired) electrons. The Kier molecular flexibility index (Phi) is 5.22. The number of nitrogens with zero attached hydrogens (tertiary/aromatic N) is 4. The summed E-state index contributed by atoms with van der Waals surface area (Å²) in [4.78, 5) is 38.2. The number of hydrogen-bond acceptors (Lipinski definition) is 5. The van der Waals surface area contributed by atoms with Crippen molar-refractivity contribution in [3.05, 3.63) is 46.9 Å². The Morgan fingerprint density at radius 1 is 1.31 bits per heavy atom. The summed E-state index contributed by atoms with van der Waals surface area (Å²) in [5, 5.41) is 0. The summed E-state index contributed by atoms with van der Waals surface area (Å²) < 4.78 is 5.30. The van der Waals surface area contributed by atoms with Crippen molar-refractivity contribution in [2.75, 3.05) is 18.6 Å². The molecule has 3 heterocycles. The molecular formula is C22H26N4O3. The second-order valence-electron chi connectivity index (χ2n) is 7.58. The minimum absolute atomic E-state index is 0.0188. The summed E-state index contributed by atoms with van der Waals surface area (Å²) in [7, 11) is 1.63. The molecule has 29 heavy (non-hydrogen) atoms. The van der Waals surface area contributed by atoms with Gasteiger partial charge in [-0.15, -0.1) is 0 Å². The lowest BCUT2D eigenvalue weighted by Gasteiger charge is -2.25. The Morgan fingerprint density at radius 2 is 2.14 bits per heavy atom. The number of aromatic nitrogens is 2. The fraction of sp³-hybridized carbons (Fsp3) is 0.455. The highest BCUT2D eigenvalue weighted by atomic mass is 16.5. The topological polar surface area (TPSA) is 75.6 Å². The lowest BCUT2D eigenvalue weighted by Crippen LogP contribution is -2.31. The maximum Gasteiger partial charge on any atom is 0.233 e. The molecule has 1 saturated heterocycles. The molecule has 0 bridgehead atoms. The lowest BCUT2D eigenvalue weighted by molar-refractivity contribution is -0.131. The molecule has 1 fully saturated rings. The van der Waals surface area contributed by atoms with Crippen LogP contribution in [0, 0.1) is 6.92 Å². The third-order valence-electron chi connectivity index (χ3n) is 5.74. The zero-order chi connectivity index (χ0) is 20.5. The molecule has 1 atom stereocenters. The fourth-order valence-corrected chi connectivity index (χ4v) is 4.20. The molecule has 7 heteroatoms. The van der Waals surface area contributed by atoms with Crippen molar-refractivity contribution < 1.29 is 14.3 Å². The standard InChI is InChI=1S/C22H26N4O3/c1-4-19(27)25-10-6-9-18(25)21-23-14(2)17-12-20(28)26(22(17)24-21)13-15-7-5-8-16(11-15)29-3/h5,7-8,11,18H,4,6,9-10,12-13H2,1-3H3/t18-/m1/s1. The lowest BCUT2D eigenvalue weighted by atomic mass is 10.1. The number of rotatable bonds is 5. The molecule has 0 saturated carbocycles. The molecule has 2 aliphatic heterocycles. The van der Waals surface area contributed by atoms with Gasteiger partial charge in [-0.1, -0.05) is 19.1 Å². The first kappa shape index (κ1) is 19.4. The summed E-state index contributed by atoms with van der Waals surface area (Å²) in [5.74, 6) is 2.22. The molecule has 0 spiro atoms. The van der Waals surface area contributed by atoms with Crippen molar-refractivity contribution in [3.8, 4) is 5.75 Å². The van der Waals surface area contributed by atoms with Gasteiger partial charge in [0.1, 0.15) is 11.6 Å². The number of carbonyl (C=O) groups is 2. The number of anilines is 1. The third-order valence-corrected chi connectivity index (χ3v) is 5.74. The van der Waals surface area contributed by atoms with Crippen molar-refractivity contribution in [1.29, 1.82) is 0 Å². The summed E-state index contributed by atoms with van der Waals surface area (Å²) in [5.41, 5.74) is 2.68. The Labute approximate surface area is 170 Å². The van der Waals surface area contributed by atoms with Crippen molar-refractivity contribution in [2.45, 2.75) is 52.1 Å². The number of likely N-dealkylation sites (tertiary alicyclic amines) is 1. The average Bonchev–Trinajstić information content (AvgIpc) is 3.33. The number of hydrogen-bond donors (Lipinski definition) is 0. The van der Waals surface area contributed by atoms with Crippen molar-refractivity contribution >= 4 is 17.6 Å². The monoisotopic (exact) mass is 394 g/mol.